The second-order valence-corrected chi connectivity index (χ2v) is 6.59. The summed E-state index contributed by atoms with van der Waals surface area (Å²) in [5, 5.41) is 0. The normalized spacial score (nSPS) is 11.6. The fourth-order valence-electron chi connectivity index (χ4n) is 1.70. The van der Waals surface area contributed by atoms with E-state index >= 15 is 0 Å². The van der Waals surface area contributed by atoms with Crippen molar-refractivity contribution in [3.8, 4) is 5.75 Å². The topological polar surface area (TPSA) is 43.4 Å². The van der Waals surface area contributed by atoms with Crippen molar-refractivity contribution in [1.29, 1.82) is 0 Å². The highest BCUT2D eigenvalue weighted by atomic mass is 35.7. The Labute approximate surface area is 107 Å². The lowest BCUT2D eigenvalue weighted by molar-refractivity contribution is 0.312. The second-order valence-electron chi connectivity index (χ2n) is 4.06. The molecule has 0 aliphatic carbocycles. The summed E-state index contributed by atoms with van der Waals surface area (Å²) in [6.45, 7) is 8.05. The summed E-state index contributed by atoms with van der Waals surface area (Å²) in [6, 6.07) is 1.57. The molecule has 0 aliphatic heterocycles. The van der Waals surface area contributed by atoms with Crippen LogP contribution >= 0.6 is 10.7 Å². The van der Waals surface area contributed by atoms with Crippen molar-refractivity contribution in [2.75, 3.05) is 6.61 Å². The van der Waals surface area contributed by atoms with E-state index < -0.39 is 9.05 Å². The van der Waals surface area contributed by atoms with E-state index in [1.54, 1.807) is 13.0 Å². The van der Waals surface area contributed by atoms with Crippen molar-refractivity contribution in [1.82, 2.24) is 0 Å². The SMILES string of the molecule is CCCOc1c(C)cc(S(=O)(=O)Cl)c(C)c1C. The Morgan fingerprint density at radius 3 is 2.29 bits per heavy atom. The Morgan fingerprint density at radius 2 is 1.82 bits per heavy atom. The standard InChI is InChI=1S/C12H17ClO3S/c1-5-6-16-12-8(2)7-11(17(13,14)15)9(3)10(12)4/h7H,5-6H2,1-4H3. The van der Waals surface area contributed by atoms with E-state index in [-0.39, 0.29) is 4.90 Å². The van der Waals surface area contributed by atoms with Crippen LogP contribution in [0.2, 0.25) is 0 Å². The molecule has 0 unspecified atom stereocenters. The first-order valence-electron chi connectivity index (χ1n) is 5.47. The molecule has 0 aliphatic rings. The van der Waals surface area contributed by atoms with Gasteiger partial charge in [-0.15, -0.1) is 0 Å². The van der Waals surface area contributed by atoms with Gasteiger partial charge in [-0.05, 0) is 49.9 Å². The number of hydrogen-bond donors (Lipinski definition) is 0. The van der Waals surface area contributed by atoms with Crippen molar-refractivity contribution >= 4 is 19.7 Å². The average Bonchev–Trinajstić information content (AvgIpc) is 2.22. The highest BCUT2D eigenvalue weighted by Gasteiger charge is 2.19. The van der Waals surface area contributed by atoms with Crippen LogP contribution in [0, 0.1) is 20.8 Å². The zero-order valence-corrected chi connectivity index (χ0v) is 12.1. The number of hydrogen-bond acceptors (Lipinski definition) is 3. The van der Waals surface area contributed by atoms with Gasteiger partial charge in [-0.25, -0.2) is 8.42 Å². The third-order valence-electron chi connectivity index (χ3n) is 2.69. The lowest BCUT2D eigenvalue weighted by Crippen LogP contribution is -2.04. The number of halogens is 1. The summed E-state index contributed by atoms with van der Waals surface area (Å²) < 4.78 is 28.4. The van der Waals surface area contributed by atoms with E-state index in [2.05, 4.69) is 0 Å². The lowest BCUT2D eigenvalue weighted by atomic mass is 10.1. The van der Waals surface area contributed by atoms with Crippen LogP contribution in [0.3, 0.4) is 0 Å². The van der Waals surface area contributed by atoms with E-state index in [9.17, 15) is 8.42 Å². The molecule has 0 aromatic heterocycles. The van der Waals surface area contributed by atoms with E-state index in [0.29, 0.717) is 12.2 Å². The maximum absolute atomic E-state index is 11.4. The molecule has 1 rings (SSSR count). The predicted octanol–water partition coefficient (Wildman–Crippen LogP) is 3.33. The number of aryl methyl sites for hydroxylation is 1. The summed E-state index contributed by atoms with van der Waals surface area (Å²) in [5.74, 6) is 0.758. The van der Waals surface area contributed by atoms with Crippen LogP contribution in [-0.4, -0.2) is 15.0 Å². The first-order valence-corrected chi connectivity index (χ1v) is 7.78. The lowest BCUT2D eigenvalue weighted by Gasteiger charge is -2.15. The smallest absolute Gasteiger partial charge is 0.261 e. The van der Waals surface area contributed by atoms with Crippen molar-refractivity contribution in [2.45, 2.75) is 39.0 Å². The maximum atomic E-state index is 11.4. The zero-order valence-electron chi connectivity index (χ0n) is 10.5. The van der Waals surface area contributed by atoms with Gasteiger partial charge >= 0.3 is 0 Å². The van der Waals surface area contributed by atoms with E-state index in [0.717, 1.165) is 23.3 Å². The van der Waals surface area contributed by atoms with E-state index in [4.69, 9.17) is 15.4 Å². The molecule has 0 spiro atoms. The van der Waals surface area contributed by atoms with Crippen molar-refractivity contribution < 1.29 is 13.2 Å². The van der Waals surface area contributed by atoms with Crippen molar-refractivity contribution in [2.24, 2.45) is 0 Å². The van der Waals surface area contributed by atoms with Gasteiger partial charge < -0.3 is 4.74 Å². The molecule has 0 fully saturated rings. The first-order chi connectivity index (χ1) is 7.79. The van der Waals surface area contributed by atoms with Gasteiger partial charge in [0.2, 0.25) is 0 Å². The third kappa shape index (κ3) is 3.13. The molecular formula is C12H17ClO3S. The monoisotopic (exact) mass is 276 g/mol. The molecule has 96 valence electrons. The van der Waals surface area contributed by atoms with Crippen LogP contribution in [0.4, 0.5) is 0 Å². The maximum Gasteiger partial charge on any atom is 0.261 e. The molecule has 3 nitrogen and oxygen atoms in total. The van der Waals surface area contributed by atoms with Gasteiger partial charge in [-0.1, -0.05) is 6.92 Å². The number of ether oxygens (including phenoxy) is 1. The summed E-state index contributed by atoms with van der Waals surface area (Å²) in [6.07, 6.45) is 0.910. The summed E-state index contributed by atoms with van der Waals surface area (Å²) in [4.78, 5) is 0.165. The van der Waals surface area contributed by atoms with Gasteiger partial charge in [0, 0.05) is 10.7 Å². The quantitative estimate of drug-likeness (QED) is 0.792. The van der Waals surface area contributed by atoms with Crippen LogP contribution in [0.5, 0.6) is 5.75 Å². The minimum atomic E-state index is -3.70. The molecule has 0 heterocycles. The van der Waals surface area contributed by atoms with Crippen LogP contribution in [-0.2, 0) is 9.05 Å². The molecule has 0 atom stereocenters. The highest BCUT2D eigenvalue weighted by molar-refractivity contribution is 8.13. The molecule has 0 radical (unpaired) electrons. The van der Waals surface area contributed by atoms with Gasteiger partial charge in [0.15, 0.2) is 0 Å². The molecule has 1 aromatic carbocycles. The summed E-state index contributed by atoms with van der Waals surface area (Å²) >= 11 is 0. The van der Waals surface area contributed by atoms with Crippen molar-refractivity contribution in [3.05, 3.63) is 22.8 Å². The van der Waals surface area contributed by atoms with Gasteiger partial charge in [0.1, 0.15) is 5.75 Å². The largest absolute Gasteiger partial charge is 0.493 e. The molecule has 0 saturated carbocycles. The minimum Gasteiger partial charge on any atom is -0.493 e. The Bertz CT molecular complexity index is 521. The number of rotatable bonds is 4. The van der Waals surface area contributed by atoms with E-state index in [1.165, 1.54) is 0 Å². The Balaban J connectivity index is 3.37. The van der Waals surface area contributed by atoms with Crippen LogP contribution in [0.15, 0.2) is 11.0 Å². The Kier molecular flexibility index (Phi) is 4.44. The number of benzene rings is 1. The zero-order chi connectivity index (χ0) is 13.2. The minimum absolute atomic E-state index is 0.165. The Morgan fingerprint density at radius 1 is 1.24 bits per heavy atom. The molecule has 0 saturated heterocycles. The predicted molar refractivity (Wildman–Crippen MR) is 69.5 cm³/mol. The second kappa shape index (κ2) is 5.27. The van der Waals surface area contributed by atoms with Gasteiger partial charge in [-0.2, -0.15) is 0 Å². The highest BCUT2D eigenvalue weighted by Crippen LogP contribution is 2.32. The Hall–Kier alpha value is -0.740. The molecule has 0 N–H and O–H groups in total. The average molecular weight is 277 g/mol. The summed E-state index contributed by atoms with van der Waals surface area (Å²) in [7, 11) is 1.70. The fraction of sp³-hybridized carbons (Fsp3) is 0.500. The van der Waals surface area contributed by atoms with Gasteiger partial charge in [-0.3, -0.25) is 0 Å². The molecule has 0 amide bonds. The first kappa shape index (κ1) is 14.3. The van der Waals surface area contributed by atoms with Crippen molar-refractivity contribution in [3.63, 3.8) is 0 Å². The molecule has 17 heavy (non-hydrogen) atoms. The van der Waals surface area contributed by atoms with Gasteiger partial charge in [0.05, 0.1) is 11.5 Å². The van der Waals surface area contributed by atoms with Crippen LogP contribution in [0.1, 0.15) is 30.0 Å². The molecule has 5 heteroatoms. The molecule has 0 bridgehead atoms. The molecule has 1 aromatic rings. The van der Waals surface area contributed by atoms with Crippen LogP contribution < -0.4 is 4.74 Å². The fourth-order valence-corrected chi connectivity index (χ4v) is 3.02. The van der Waals surface area contributed by atoms with Crippen LogP contribution in [0.25, 0.3) is 0 Å². The summed E-state index contributed by atoms with van der Waals surface area (Å²) in [5.41, 5.74) is 2.27. The van der Waals surface area contributed by atoms with E-state index in [1.807, 2.05) is 20.8 Å². The molecular weight excluding hydrogens is 260 g/mol. The third-order valence-corrected chi connectivity index (χ3v) is 4.14. The van der Waals surface area contributed by atoms with Gasteiger partial charge in [0.25, 0.3) is 9.05 Å².